The molecule has 186 valence electrons. The number of hydrogen-bond acceptors (Lipinski definition) is 7. The van der Waals surface area contributed by atoms with Crippen LogP contribution in [0.4, 0.5) is 13.2 Å². The number of aliphatic hydroxyl groups is 1. The molecule has 12 heteroatoms. The largest absolute Gasteiger partial charge is 0.393 e. The van der Waals surface area contributed by atoms with E-state index in [1.807, 2.05) is 4.90 Å². The van der Waals surface area contributed by atoms with Crippen molar-refractivity contribution in [3.63, 3.8) is 0 Å². The zero-order valence-corrected chi connectivity index (χ0v) is 19.1. The van der Waals surface area contributed by atoms with Crippen LogP contribution in [-0.4, -0.2) is 78.1 Å². The summed E-state index contributed by atoms with van der Waals surface area (Å²) in [5, 5.41) is 28.2. The summed E-state index contributed by atoms with van der Waals surface area (Å²) in [4.78, 5) is 14.4. The summed E-state index contributed by atoms with van der Waals surface area (Å²) in [7, 11) is 0. The standard InChI is InChI=1S/C21H32ClF3N6O2/c22-14-2-1-11(5-13(14)21(23,24)25)17-28-6-12(7-29-19(33)20(10-26)3-4-20)18(30-17)31-8-15(27)16(32)9-31/h11-18,28,30,32H,1-9,27H2,(H,29,33)/t11?,12?,13?,14?,15-,16-,17?,18?/m1/s1. The van der Waals surface area contributed by atoms with Crippen LogP contribution in [0.1, 0.15) is 32.1 Å². The van der Waals surface area contributed by atoms with Crippen LogP contribution in [0.2, 0.25) is 0 Å². The number of hydrogen-bond donors (Lipinski definition) is 5. The number of halogens is 4. The Labute approximate surface area is 196 Å². The van der Waals surface area contributed by atoms with Gasteiger partial charge in [0.2, 0.25) is 5.91 Å². The van der Waals surface area contributed by atoms with Gasteiger partial charge in [0.05, 0.1) is 30.4 Å². The lowest BCUT2D eigenvalue weighted by Crippen LogP contribution is -2.68. The number of aliphatic hydroxyl groups excluding tert-OH is 1. The number of alkyl halides is 4. The monoisotopic (exact) mass is 492 g/mol. The maximum atomic E-state index is 13.5. The molecule has 6 unspecified atom stereocenters. The number of carbonyl (C=O) groups excluding carboxylic acids is 1. The summed E-state index contributed by atoms with van der Waals surface area (Å²) < 4.78 is 40.4. The average Bonchev–Trinajstić information content (AvgIpc) is 3.51. The number of nitrogens with two attached hydrogens (primary N) is 1. The van der Waals surface area contributed by atoms with E-state index >= 15 is 0 Å². The van der Waals surface area contributed by atoms with Crippen LogP contribution in [0.15, 0.2) is 0 Å². The molecule has 0 aromatic carbocycles. The van der Waals surface area contributed by atoms with Gasteiger partial charge >= 0.3 is 6.18 Å². The van der Waals surface area contributed by atoms with E-state index in [0.29, 0.717) is 51.9 Å². The van der Waals surface area contributed by atoms with Gasteiger partial charge in [0.15, 0.2) is 0 Å². The Bertz CT molecular complexity index is 766. The fraction of sp³-hybridized carbons (Fsp3) is 0.905. The Morgan fingerprint density at radius 1 is 1.33 bits per heavy atom. The first-order valence-electron chi connectivity index (χ1n) is 11.6. The molecular formula is C21H32ClF3N6O2. The molecule has 4 rings (SSSR count). The molecule has 0 bridgehead atoms. The van der Waals surface area contributed by atoms with E-state index in [4.69, 9.17) is 17.3 Å². The van der Waals surface area contributed by atoms with Crippen LogP contribution in [0, 0.1) is 34.5 Å². The summed E-state index contributed by atoms with van der Waals surface area (Å²) in [5.74, 6) is -2.18. The van der Waals surface area contributed by atoms with Crippen molar-refractivity contribution in [1.82, 2.24) is 20.9 Å². The van der Waals surface area contributed by atoms with Crippen LogP contribution >= 0.6 is 11.6 Å². The predicted octanol–water partition coefficient (Wildman–Crippen LogP) is 0.457. The van der Waals surface area contributed by atoms with E-state index in [1.165, 1.54) is 0 Å². The second-order valence-corrected chi connectivity index (χ2v) is 10.6. The third-order valence-corrected chi connectivity index (χ3v) is 8.30. The zero-order chi connectivity index (χ0) is 24.0. The van der Waals surface area contributed by atoms with E-state index in [1.54, 1.807) is 0 Å². The molecule has 8 nitrogen and oxygen atoms in total. The highest BCUT2D eigenvalue weighted by atomic mass is 35.5. The van der Waals surface area contributed by atoms with Crippen molar-refractivity contribution >= 4 is 17.5 Å². The molecule has 4 fully saturated rings. The van der Waals surface area contributed by atoms with Crippen LogP contribution in [0.3, 0.4) is 0 Å². The second kappa shape index (κ2) is 9.47. The minimum atomic E-state index is -4.34. The summed E-state index contributed by atoms with van der Waals surface area (Å²) in [6.45, 7) is 1.57. The number of β-amino-alcohol motifs (C(OH)–C–C–N with tert-alkyl or cyclic N) is 1. The zero-order valence-electron chi connectivity index (χ0n) is 18.3. The number of nitriles is 1. The SMILES string of the molecule is N#CC1(C(=O)NCC2CNC(C3CCC(Cl)C(C(F)(F)F)C3)NC2N2C[C@@H](N)[C@H](O)C2)CC1. The summed E-state index contributed by atoms with van der Waals surface area (Å²) in [6, 6.07) is 1.67. The second-order valence-electron chi connectivity index (χ2n) is 10.1. The average molecular weight is 493 g/mol. The number of likely N-dealkylation sites (tertiary alicyclic amines) is 1. The number of carbonyl (C=O) groups is 1. The van der Waals surface area contributed by atoms with Gasteiger partial charge in [-0.25, -0.2) is 0 Å². The molecular weight excluding hydrogens is 461 g/mol. The molecule has 2 saturated heterocycles. The molecule has 2 heterocycles. The van der Waals surface area contributed by atoms with E-state index in [-0.39, 0.29) is 36.5 Å². The molecule has 6 N–H and O–H groups in total. The summed E-state index contributed by atoms with van der Waals surface area (Å²) in [6.07, 6.45) is -3.73. The van der Waals surface area contributed by atoms with E-state index in [9.17, 15) is 28.3 Å². The quantitative estimate of drug-likeness (QED) is 0.353. The molecule has 0 radical (unpaired) electrons. The molecule has 8 atom stereocenters. The lowest BCUT2D eigenvalue weighted by Gasteiger charge is -2.47. The topological polar surface area (TPSA) is 126 Å². The Balaban J connectivity index is 1.43. The number of amides is 1. The van der Waals surface area contributed by atoms with Crippen LogP contribution in [-0.2, 0) is 4.79 Å². The van der Waals surface area contributed by atoms with E-state index in [0.717, 1.165) is 0 Å². The Kier molecular flexibility index (Phi) is 7.16. The maximum absolute atomic E-state index is 13.5. The third kappa shape index (κ3) is 5.26. The van der Waals surface area contributed by atoms with Gasteiger partial charge < -0.3 is 21.5 Å². The van der Waals surface area contributed by atoms with Gasteiger partial charge in [-0.05, 0) is 38.0 Å². The Morgan fingerprint density at radius 3 is 2.64 bits per heavy atom. The van der Waals surface area contributed by atoms with Crippen molar-refractivity contribution in [2.45, 2.75) is 68.1 Å². The molecule has 33 heavy (non-hydrogen) atoms. The molecule has 0 aromatic rings. The van der Waals surface area contributed by atoms with Crippen molar-refractivity contribution in [1.29, 1.82) is 5.26 Å². The lowest BCUT2D eigenvalue weighted by molar-refractivity contribution is -0.186. The summed E-state index contributed by atoms with van der Waals surface area (Å²) in [5.41, 5.74) is 5.08. The number of rotatable bonds is 5. The Hall–Kier alpha value is -1.16. The third-order valence-electron chi connectivity index (χ3n) is 7.77. The number of nitrogens with one attached hydrogen (secondary N) is 3. The highest BCUT2D eigenvalue weighted by Gasteiger charge is 2.52. The lowest BCUT2D eigenvalue weighted by atomic mass is 9.78. The fourth-order valence-corrected chi connectivity index (χ4v) is 5.82. The molecule has 4 aliphatic rings. The summed E-state index contributed by atoms with van der Waals surface area (Å²) >= 11 is 6.01. The maximum Gasteiger partial charge on any atom is 0.393 e. The van der Waals surface area contributed by atoms with Crippen molar-refractivity contribution in [2.24, 2.45) is 28.9 Å². The van der Waals surface area contributed by atoms with Crippen LogP contribution in [0.5, 0.6) is 0 Å². The van der Waals surface area contributed by atoms with E-state index < -0.39 is 35.0 Å². The van der Waals surface area contributed by atoms with E-state index in [2.05, 4.69) is 22.0 Å². The van der Waals surface area contributed by atoms with Gasteiger partial charge in [0, 0.05) is 43.5 Å². The van der Waals surface area contributed by atoms with Crippen molar-refractivity contribution in [2.75, 3.05) is 26.2 Å². The van der Waals surface area contributed by atoms with Crippen molar-refractivity contribution < 1.29 is 23.1 Å². The molecule has 0 aromatic heterocycles. The molecule has 2 aliphatic carbocycles. The predicted molar refractivity (Wildman–Crippen MR) is 115 cm³/mol. The first-order valence-corrected chi connectivity index (χ1v) is 12.0. The minimum absolute atomic E-state index is 0.0523. The van der Waals surface area contributed by atoms with Gasteiger partial charge in [-0.1, -0.05) is 0 Å². The number of nitrogens with zero attached hydrogens (tertiary/aromatic N) is 2. The van der Waals surface area contributed by atoms with Gasteiger partial charge in [0.1, 0.15) is 5.41 Å². The molecule has 0 spiro atoms. The van der Waals surface area contributed by atoms with Gasteiger partial charge in [-0.2, -0.15) is 18.4 Å². The fourth-order valence-electron chi connectivity index (χ4n) is 5.44. The minimum Gasteiger partial charge on any atom is -0.390 e. The molecule has 2 saturated carbocycles. The molecule has 1 amide bonds. The van der Waals surface area contributed by atoms with Crippen LogP contribution in [0.25, 0.3) is 0 Å². The molecule has 2 aliphatic heterocycles. The van der Waals surface area contributed by atoms with Crippen molar-refractivity contribution in [3.8, 4) is 6.07 Å². The Morgan fingerprint density at radius 2 is 2.06 bits per heavy atom. The van der Waals surface area contributed by atoms with Gasteiger partial charge in [-0.3, -0.25) is 15.0 Å². The van der Waals surface area contributed by atoms with Crippen molar-refractivity contribution in [3.05, 3.63) is 0 Å². The highest BCUT2D eigenvalue weighted by Crippen LogP contribution is 2.45. The normalized spacial score (nSPS) is 41.4. The smallest absolute Gasteiger partial charge is 0.390 e. The first-order chi connectivity index (χ1) is 15.5. The van der Waals surface area contributed by atoms with Crippen LogP contribution < -0.4 is 21.7 Å². The first kappa shape index (κ1) is 24.9. The highest BCUT2D eigenvalue weighted by molar-refractivity contribution is 6.20. The van der Waals surface area contributed by atoms with Gasteiger partial charge in [0.25, 0.3) is 0 Å². The van der Waals surface area contributed by atoms with Gasteiger partial charge in [-0.15, -0.1) is 11.6 Å².